The zero-order chi connectivity index (χ0) is 21.0. The Morgan fingerprint density at radius 2 is 1.83 bits per heavy atom. The second-order valence-electron chi connectivity index (χ2n) is 7.31. The Hall–Kier alpha value is -2.32. The van der Waals surface area contributed by atoms with Gasteiger partial charge in [-0.15, -0.1) is 0 Å². The van der Waals surface area contributed by atoms with Gasteiger partial charge in [0.05, 0.1) is 12.3 Å². The highest BCUT2D eigenvalue weighted by atomic mass is 32.2. The third kappa shape index (κ3) is 5.61. The molecule has 2 aromatic rings. The molecular formula is C21H24F2N2O3S. The summed E-state index contributed by atoms with van der Waals surface area (Å²) in [6, 6.07) is 16.1. The molecule has 5 nitrogen and oxygen atoms in total. The SMILES string of the molecule is CS(=O)(=O)N[C@H]1CCCN(C(=O)C(F)F)[C@H]1Cc1cccc(-c2ccccc2)c1. The highest BCUT2D eigenvalue weighted by Crippen LogP contribution is 2.26. The van der Waals surface area contributed by atoms with Crippen molar-refractivity contribution in [1.29, 1.82) is 0 Å². The highest BCUT2D eigenvalue weighted by Gasteiger charge is 2.38. The van der Waals surface area contributed by atoms with Gasteiger partial charge in [-0.25, -0.2) is 13.1 Å². The normalized spacial score (nSPS) is 20.1. The van der Waals surface area contributed by atoms with Crippen molar-refractivity contribution in [1.82, 2.24) is 9.62 Å². The van der Waals surface area contributed by atoms with Crippen LogP contribution in [-0.4, -0.2) is 50.5 Å². The Kier molecular flexibility index (Phi) is 6.64. The summed E-state index contributed by atoms with van der Waals surface area (Å²) in [7, 11) is -3.54. The van der Waals surface area contributed by atoms with Gasteiger partial charge in [-0.05, 0) is 36.0 Å². The predicted molar refractivity (Wildman–Crippen MR) is 108 cm³/mol. The van der Waals surface area contributed by atoms with Crippen LogP contribution in [0.1, 0.15) is 18.4 Å². The molecule has 0 aromatic heterocycles. The molecule has 2 aromatic carbocycles. The van der Waals surface area contributed by atoms with Crippen LogP contribution in [0.25, 0.3) is 11.1 Å². The fourth-order valence-electron chi connectivity index (χ4n) is 3.87. The Labute approximate surface area is 169 Å². The lowest BCUT2D eigenvalue weighted by molar-refractivity contribution is -0.147. The van der Waals surface area contributed by atoms with E-state index in [1.807, 2.05) is 54.6 Å². The summed E-state index contributed by atoms with van der Waals surface area (Å²) in [6.07, 6.45) is -0.847. The van der Waals surface area contributed by atoms with E-state index in [0.717, 1.165) is 27.8 Å². The van der Waals surface area contributed by atoms with Crippen molar-refractivity contribution in [3.63, 3.8) is 0 Å². The number of hydrogen-bond acceptors (Lipinski definition) is 3. The summed E-state index contributed by atoms with van der Waals surface area (Å²) in [5.74, 6) is -1.26. The number of carbonyl (C=O) groups excluding carboxylic acids is 1. The van der Waals surface area contributed by atoms with Gasteiger partial charge in [-0.1, -0.05) is 54.6 Å². The molecule has 0 bridgehead atoms. The van der Waals surface area contributed by atoms with Crippen molar-refractivity contribution in [2.45, 2.75) is 37.8 Å². The van der Waals surface area contributed by atoms with Gasteiger partial charge in [0, 0.05) is 12.6 Å². The van der Waals surface area contributed by atoms with E-state index in [-0.39, 0.29) is 13.0 Å². The van der Waals surface area contributed by atoms with Gasteiger partial charge >= 0.3 is 6.43 Å². The zero-order valence-electron chi connectivity index (χ0n) is 16.1. The number of alkyl halides is 2. The summed E-state index contributed by atoms with van der Waals surface area (Å²) in [5, 5.41) is 0. The molecule has 0 saturated carbocycles. The van der Waals surface area contributed by atoms with E-state index >= 15 is 0 Å². The first-order valence-electron chi connectivity index (χ1n) is 9.45. The molecule has 156 valence electrons. The predicted octanol–water partition coefficient (Wildman–Crippen LogP) is 3.07. The van der Waals surface area contributed by atoms with E-state index in [9.17, 15) is 22.0 Å². The number of sulfonamides is 1. The van der Waals surface area contributed by atoms with Crippen molar-refractivity contribution in [2.24, 2.45) is 0 Å². The van der Waals surface area contributed by atoms with Crippen LogP contribution in [0.15, 0.2) is 54.6 Å². The molecule has 0 aliphatic carbocycles. The summed E-state index contributed by atoms with van der Waals surface area (Å²) in [5.41, 5.74) is 2.84. The van der Waals surface area contributed by atoms with Crippen molar-refractivity contribution in [3.8, 4) is 11.1 Å². The van der Waals surface area contributed by atoms with Gasteiger partial charge in [0.25, 0.3) is 5.91 Å². The van der Waals surface area contributed by atoms with Crippen LogP contribution in [0.5, 0.6) is 0 Å². The lowest BCUT2D eigenvalue weighted by Gasteiger charge is -2.41. The Morgan fingerprint density at radius 1 is 1.14 bits per heavy atom. The number of rotatable bonds is 6. The minimum Gasteiger partial charge on any atom is -0.333 e. The minimum absolute atomic E-state index is 0.189. The molecule has 1 amide bonds. The fourth-order valence-corrected chi connectivity index (χ4v) is 4.70. The van der Waals surface area contributed by atoms with Gasteiger partial charge in [0.15, 0.2) is 0 Å². The molecule has 29 heavy (non-hydrogen) atoms. The number of benzene rings is 2. The molecule has 8 heteroatoms. The zero-order valence-corrected chi connectivity index (χ0v) is 16.9. The average molecular weight is 422 g/mol. The summed E-state index contributed by atoms with van der Waals surface area (Å²) in [4.78, 5) is 13.2. The first-order valence-corrected chi connectivity index (χ1v) is 11.3. The number of piperidine rings is 1. The lowest BCUT2D eigenvalue weighted by Crippen LogP contribution is -2.58. The largest absolute Gasteiger partial charge is 0.333 e. The maximum absolute atomic E-state index is 13.1. The van der Waals surface area contributed by atoms with Crippen molar-refractivity contribution in [2.75, 3.05) is 12.8 Å². The van der Waals surface area contributed by atoms with Gasteiger partial charge in [-0.2, -0.15) is 8.78 Å². The maximum atomic E-state index is 13.1. The topological polar surface area (TPSA) is 66.5 Å². The summed E-state index contributed by atoms with van der Waals surface area (Å²) >= 11 is 0. The monoisotopic (exact) mass is 422 g/mol. The smallest absolute Gasteiger partial charge is 0.315 e. The number of likely N-dealkylation sites (tertiary alicyclic amines) is 1. The second-order valence-corrected chi connectivity index (χ2v) is 9.09. The molecule has 0 unspecified atom stereocenters. The highest BCUT2D eigenvalue weighted by molar-refractivity contribution is 7.88. The lowest BCUT2D eigenvalue weighted by atomic mass is 9.90. The molecule has 1 fully saturated rings. The maximum Gasteiger partial charge on any atom is 0.315 e. The third-order valence-corrected chi connectivity index (χ3v) is 5.82. The fraction of sp³-hybridized carbons (Fsp3) is 0.381. The minimum atomic E-state index is -3.54. The number of nitrogens with one attached hydrogen (secondary N) is 1. The number of halogens is 2. The van der Waals surface area contributed by atoms with Gasteiger partial charge < -0.3 is 4.90 Å². The van der Waals surface area contributed by atoms with Crippen LogP contribution in [-0.2, 0) is 21.2 Å². The van der Waals surface area contributed by atoms with Crippen molar-refractivity contribution >= 4 is 15.9 Å². The van der Waals surface area contributed by atoms with E-state index in [4.69, 9.17) is 0 Å². The molecule has 1 aliphatic rings. The van der Waals surface area contributed by atoms with E-state index < -0.39 is 34.4 Å². The third-order valence-electron chi connectivity index (χ3n) is 5.09. The van der Waals surface area contributed by atoms with E-state index in [1.54, 1.807) is 0 Å². The molecular weight excluding hydrogens is 398 g/mol. The molecule has 1 heterocycles. The first kappa shape index (κ1) is 21.4. The van der Waals surface area contributed by atoms with Crippen LogP contribution >= 0.6 is 0 Å². The van der Waals surface area contributed by atoms with E-state index in [2.05, 4.69) is 4.72 Å². The van der Waals surface area contributed by atoms with Gasteiger partial charge in [0.2, 0.25) is 10.0 Å². The van der Waals surface area contributed by atoms with Crippen LogP contribution < -0.4 is 4.72 Å². The Bertz CT molecular complexity index is 951. The molecule has 0 radical (unpaired) electrons. The summed E-state index contributed by atoms with van der Waals surface area (Å²) in [6.45, 7) is 0.189. The van der Waals surface area contributed by atoms with Crippen LogP contribution in [0.4, 0.5) is 8.78 Å². The van der Waals surface area contributed by atoms with Crippen molar-refractivity contribution in [3.05, 3.63) is 60.2 Å². The number of hydrogen-bond donors (Lipinski definition) is 1. The van der Waals surface area contributed by atoms with Gasteiger partial charge in [-0.3, -0.25) is 4.79 Å². The molecule has 3 rings (SSSR count). The molecule has 1 saturated heterocycles. The molecule has 2 atom stereocenters. The number of nitrogens with zero attached hydrogens (tertiary/aromatic N) is 1. The number of carbonyl (C=O) groups is 1. The summed E-state index contributed by atoms with van der Waals surface area (Å²) < 4.78 is 52.4. The van der Waals surface area contributed by atoms with Gasteiger partial charge in [0.1, 0.15) is 0 Å². The second kappa shape index (κ2) is 9.00. The quantitative estimate of drug-likeness (QED) is 0.778. The number of amides is 1. The van der Waals surface area contributed by atoms with Crippen LogP contribution in [0, 0.1) is 0 Å². The molecule has 0 spiro atoms. The molecule has 1 aliphatic heterocycles. The molecule has 1 N–H and O–H groups in total. The Morgan fingerprint density at radius 3 is 2.48 bits per heavy atom. The average Bonchev–Trinajstić information content (AvgIpc) is 2.68. The first-order chi connectivity index (χ1) is 13.7. The van der Waals surface area contributed by atoms with E-state index in [1.165, 1.54) is 0 Å². The van der Waals surface area contributed by atoms with Crippen molar-refractivity contribution < 1.29 is 22.0 Å². The Balaban J connectivity index is 1.91. The van der Waals surface area contributed by atoms with Crippen LogP contribution in [0.2, 0.25) is 0 Å². The standard InChI is InChI=1S/C21H24F2N2O3S/c1-29(27,28)24-18-11-6-12-25(21(26)20(22)23)19(18)14-15-7-5-10-17(13-15)16-8-3-2-4-9-16/h2-5,7-10,13,18-20,24H,6,11-12,14H2,1H3/t18-,19-/m0/s1. The van der Waals surface area contributed by atoms with E-state index in [0.29, 0.717) is 12.8 Å². The van der Waals surface area contributed by atoms with Crippen LogP contribution in [0.3, 0.4) is 0 Å².